The van der Waals surface area contributed by atoms with Crippen molar-refractivity contribution in [2.24, 2.45) is 11.8 Å². The zero-order valence-electron chi connectivity index (χ0n) is 11.9. The first-order valence-corrected chi connectivity index (χ1v) is 5.92. The second kappa shape index (κ2) is 5.52. The third-order valence-electron chi connectivity index (χ3n) is 2.68. The Bertz CT molecular complexity index is 266. The molecule has 0 bridgehead atoms. The van der Waals surface area contributed by atoms with Crippen LogP contribution < -0.4 is 0 Å². The molecule has 0 aromatic rings. The fourth-order valence-corrected chi connectivity index (χ4v) is 1.90. The molecule has 0 atom stereocenters. The first-order chi connectivity index (χ1) is 7.58. The lowest BCUT2D eigenvalue weighted by Gasteiger charge is -2.38. The highest BCUT2D eigenvalue weighted by Gasteiger charge is 2.49. The number of carbonyl (C=O) groups excluding carboxylic acids is 2. The molecule has 0 aromatic carbocycles. The van der Waals surface area contributed by atoms with Gasteiger partial charge in [-0.25, -0.2) is 4.79 Å². The predicted octanol–water partition coefficient (Wildman–Crippen LogP) is 2.55. The number of ether oxygens (including phenoxy) is 2. The molecule has 100 valence electrons. The van der Waals surface area contributed by atoms with Gasteiger partial charge in [0, 0.05) is 11.8 Å². The molecule has 0 radical (unpaired) electrons. The topological polar surface area (TPSA) is 52.6 Å². The second-order valence-electron chi connectivity index (χ2n) is 5.82. The van der Waals surface area contributed by atoms with Crippen LogP contribution in [-0.2, 0) is 19.1 Å². The highest BCUT2D eigenvalue weighted by atomic mass is 16.6. The summed E-state index contributed by atoms with van der Waals surface area (Å²) < 4.78 is 10.5. The van der Waals surface area contributed by atoms with Crippen molar-refractivity contribution in [1.82, 2.24) is 0 Å². The molecule has 4 nitrogen and oxygen atoms in total. The summed E-state index contributed by atoms with van der Waals surface area (Å²) >= 11 is 0. The van der Waals surface area contributed by atoms with E-state index in [4.69, 9.17) is 9.47 Å². The Morgan fingerprint density at radius 3 is 1.71 bits per heavy atom. The summed E-state index contributed by atoms with van der Waals surface area (Å²) in [5.74, 6) is -0.785. The highest BCUT2D eigenvalue weighted by Crippen LogP contribution is 2.32. The van der Waals surface area contributed by atoms with Gasteiger partial charge in [0.1, 0.15) is 5.60 Å². The Kier molecular flexibility index (Phi) is 5.17. The van der Waals surface area contributed by atoms with Crippen molar-refractivity contribution in [1.29, 1.82) is 0 Å². The SMILES string of the molecule is CC(C)C(OC=O)(C(=O)OC(C)(C)C)C(C)C. The van der Waals surface area contributed by atoms with E-state index in [0.29, 0.717) is 6.47 Å². The van der Waals surface area contributed by atoms with Gasteiger partial charge in [-0.05, 0) is 20.8 Å². The quantitative estimate of drug-likeness (QED) is 0.551. The van der Waals surface area contributed by atoms with Crippen LogP contribution in [-0.4, -0.2) is 23.6 Å². The van der Waals surface area contributed by atoms with Gasteiger partial charge in [-0.15, -0.1) is 0 Å². The molecule has 0 heterocycles. The molecular formula is C13H24O4. The van der Waals surface area contributed by atoms with Crippen molar-refractivity contribution >= 4 is 12.4 Å². The van der Waals surface area contributed by atoms with Crippen LogP contribution in [0.1, 0.15) is 48.5 Å². The van der Waals surface area contributed by atoms with E-state index in [1.54, 1.807) is 20.8 Å². The number of esters is 1. The first kappa shape index (κ1) is 15.9. The molecule has 0 fully saturated rings. The van der Waals surface area contributed by atoms with Crippen LogP contribution in [0.25, 0.3) is 0 Å². The number of hydrogen-bond donors (Lipinski definition) is 0. The third-order valence-corrected chi connectivity index (χ3v) is 2.68. The Morgan fingerprint density at radius 2 is 1.47 bits per heavy atom. The Balaban J connectivity index is 5.29. The maximum atomic E-state index is 12.2. The van der Waals surface area contributed by atoms with Gasteiger partial charge in [-0.1, -0.05) is 27.7 Å². The molecule has 0 saturated heterocycles. The number of hydrogen-bond acceptors (Lipinski definition) is 4. The molecule has 17 heavy (non-hydrogen) atoms. The predicted molar refractivity (Wildman–Crippen MR) is 65.4 cm³/mol. The van der Waals surface area contributed by atoms with Crippen molar-refractivity contribution in [3.8, 4) is 0 Å². The maximum Gasteiger partial charge on any atom is 0.351 e. The summed E-state index contributed by atoms with van der Waals surface area (Å²) in [6.45, 7) is 13.1. The Hall–Kier alpha value is -1.06. The number of carbonyl (C=O) groups is 2. The summed E-state index contributed by atoms with van der Waals surface area (Å²) in [6.07, 6.45) is 0. The van der Waals surface area contributed by atoms with Gasteiger partial charge in [0.25, 0.3) is 6.47 Å². The van der Waals surface area contributed by atoms with Crippen molar-refractivity contribution in [3.63, 3.8) is 0 Å². The zero-order valence-corrected chi connectivity index (χ0v) is 11.9. The van der Waals surface area contributed by atoms with Crippen LogP contribution in [0, 0.1) is 11.8 Å². The summed E-state index contributed by atoms with van der Waals surface area (Å²) in [5.41, 5.74) is -1.81. The minimum Gasteiger partial charge on any atom is -0.457 e. The molecule has 0 saturated carbocycles. The fraction of sp³-hybridized carbons (Fsp3) is 0.846. The molecule has 0 aromatic heterocycles. The van der Waals surface area contributed by atoms with E-state index in [1.165, 1.54) is 0 Å². The van der Waals surface area contributed by atoms with Crippen molar-refractivity contribution in [2.45, 2.75) is 59.7 Å². The highest BCUT2D eigenvalue weighted by molar-refractivity contribution is 5.82. The summed E-state index contributed by atoms with van der Waals surface area (Å²) in [6, 6.07) is 0. The largest absolute Gasteiger partial charge is 0.457 e. The molecule has 0 unspecified atom stereocenters. The molecule has 0 rings (SSSR count). The molecule has 4 heteroatoms. The monoisotopic (exact) mass is 244 g/mol. The lowest BCUT2D eigenvalue weighted by Crippen LogP contribution is -2.53. The van der Waals surface area contributed by atoms with Crippen LogP contribution in [0.2, 0.25) is 0 Å². The van der Waals surface area contributed by atoms with Crippen molar-refractivity contribution < 1.29 is 19.1 Å². The summed E-state index contributed by atoms with van der Waals surface area (Å²) in [4.78, 5) is 22.9. The Morgan fingerprint density at radius 1 is 1.06 bits per heavy atom. The lowest BCUT2D eigenvalue weighted by atomic mass is 9.80. The molecule has 0 amide bonds. The number of rotatable bonds is 5. The van der Waals surface area contributed by atoms with Crippen LogP contribution in [0.15, 0.2) is 0 Å². The average molecular weight is 244 g/mol. The van der Waals surface area contributed by atoms with Crippen LogP contribution in [0.3, 0.4) is 0 Å². The second-order valence-corrected chi connectivity index (χ2v) is 5.82. The van der Waals surface area contributed by atoms with E-state index in [9.17, 15) is 9.59 Å². The molecule has 0 aliphatic carbocycles. The smallest absolute Gasteiger partial charge is 0.351 e. The van der Waals surface area contributed by atoms with E-state index in [1.807, 2.05) is 27.7 Å². The van der Waals surface area contributed by atoms with Gasteiger partial charge in [0.15, 0.2) is 0 Å². The van der Waals surface area contributed by atoms with Crippen LogP contribution in [0.4, 0.5) is 0 Å². The van der Waals surface area contributed by atoms with Gasteiger partial charge in [0.05, 0.1) is 0 Å². The van der Waals surface area contributed by atoms with Crippen LogP contribution in [0.5, 0.6) is 0 Å². The lowest BCUT2D eigenvalue weighted by molar-refractivity contribution is -0.197. The molecule has 0 aliphatic heterocycles. The van der Waals surface area contributed by atoms with Gasteiger partial charge in [0.2, 0.25) is 5.60 Å². The maximum absolute atomic E-state index is 12.2. The van der Waals surface area contributed by atoms with Crippen molar-refractivity contribution in [3.05, 3.63) is 0 Å². The van der Waals surface area contributed by atoms with Crippen molar-refractivity contribution in [2.75, 3.05) is 0 Å². The Labute approximate surface area is 104 Å². The normalized spacial score (nSPS) is 12.8. The molecular weight excluding hydrogens is 220 g/mol. The first-order valence-electron chi connectivity index (χ1n) is 5.92. The zero-order chi connectivity index (χ0) is 13.9. The van der Waals surface area contributed by atoms with Gasteiger partial charge in [-0.3, -0.25) is 4.79 Å². The minimum absolute atomic E-state index is 0.150. The summed E-state index contributed by atoms with van der Waals surface area (Å²) in [7, 11) is 0. The van der Waals surface area contributed by atoms with Gasteiger partial charge < -0.3 is 9.47 Å². The van der Waals surface area contributed by atoms with Gasteiger partial charge >= 0.3 is 5.97 Å². The molecule has 0 aliphatic rings. The van der Waals surface area contributed by atoms with Crippen LogP contribution >= 0.6 is 0 Å². The van der Waals surface area contributed by atoms with E-state index >= 15 is 0 Å². The van der Waals surface area contributed by atoms with E-state index in [2.05, 4.69) is 0 Å². The third kappa shape index (κ3) is 3.72. The molecule has 0 N–H and O–H groups in total. The van der Waals surface area contributed by atoms with E-state index in [-0.39, 0.29) is 11.8 Å². The van der Waals surface area contributed by atoms with E-state index in [0.717, 1.165) is 0 Å². The standard InChI is InChI=1S/C13H24O4/c1-9(2)13(10(3)4,16-8-14)11(15)17-12(5,6)7/h8-10H,1-7H3. The fourth-order valence-electron chi connectivity index (χ4n) is 1.90. The van der Waals surface area contributed by atoms with Gasteiger partial charge in [-0.2, -0.15) is 0 Å². The minimum atomic E-state index is -1.21. The van der Waals surface area contributed by atoms with E-state index < -0.39 is 17.2 Å². The molecule has 0 spiro atoms. The summed E-state index contributed by atoms with van der Waals surface area (Å²) in [5, 5.41) is 0. The average Bonchev–Trinajstić information content (AvgIpc) is 2.09.